The second-order valence-electron chi connectivity index (χ2n) is 7.30. The molecule has 0 radical (unpaired) electrons. The van der Waals surface area contributed by atoms with Crippen molar-refractivity contribution in [3.8, 4) is 0 Å². The van der Waals surface area contributed by atoms with E-state index in [0.717, 1.165) is 0 Å². The van der Waals surface area contributed by atoms with Gasteiger partial charge in [0.1, 0.15) is 11.5 Å². The summed E-state index contributed by atoms with van der Waals surface area (Å²) in [5.41, 5.74) is 2.61. The van der Waals surface area contributed by atoms with Gasteiger partial charge in [-0.1, -0.05) is 44.5 Å². The molecule has 28 heavy (non-hydrogen) atoms. The highest BCUT2D eigenvalue weighted by Crippen LogP contribution is 2.24. The molecule has 0 bridgehead atoms. The lowest BCUT2D eigenvalue weighted by Crippen LogP contribution is -2.15. The maximum atomic E-state index is 13.3. The fourth-order valence-corrected chi connectivity index (χ4v) is 2.68. The molecule has 0 aliphatic rings. The Balaban J connectivity index is 1.72. The second-order valence-corrected chi connectivity index (χ2v) is 7.71. The number of hydrogen-bond donors (Lipinski definition) is 2. The zero-order chi connectivity index (χ0) is 20.3. The molecule has 0 atom stereocenters. The average Bonchev–Trinajstić information content (AvgIpc) is 2.65. The van der Waals surface area contributed by atoms with Gasteiger partial charge >= 0.3 is 0 Å². The van der Waals surface area contributed by atoms with E-state index in [9.17, 15) is 9.18 Å². The van der Waals surface area contributed by atoms with Gasteiger partial charge in [-0.3, -0.25) is 4.79 Å². The van der Waals surface area contributed by atoms with E-state index in [2.05, 4.69) is 41.4 Å². The predicted octanol–water partition coefficient (Wildman–Crippen LogP) is 5.56. The summed E-state index contributed by atoms with van der Waals surface area (Å²) >= 11 is 5.77. The van der Waals surface area contributed by atoms with Crippen molar-refractivity contribution >= 4 is 34.8 Å². The maximum absolute atomic E-state index is 13.3. The predicted molar refractivity (Wildman–Crippen MR) is 110 cm³/mol. The lowest BCUT2D eigenvalue weighted by atomic mass is 9.87. The number of amides is 1. The topological polar surface area (TPSA) is 66.9 Å². The molecule has 0 aliphatic heterocycles. The van der Waals surface area contributed by atoms with Crippen LogP contribution in [0.1, 0.15) is 36.8 Å². The molecule has 0 saturated carbocycles. The Labute approximate surface area is 168 Å². The number of carbonyl (C=O) groups is 1. The molecule has 1 amide bonds. The largest absolute Gasteiger partial charge is 0.324 e. The van der Waals surface area contributed by atoms with Crippen LogP contribution in [0.25, 0.3) is 0 Å². The third-order valence-electron chi connectivity index (χ3n) is 4.07. The molecule has 1 aromatic heterocycles. The van der Waals surface area contributed by atoms with Crippen LogP contribution < -0.4 is 10.6 Å². The molecule has 3 rings (SSSR count). The number of benzene rings is 2. The minimum atomic E-state index is -0.515. The Morgan fingerprint density at radius 2 is 1.71 bits per heavy atom. The van der Waals surface area contributed by atoms with Crippen LogP contribution in [0.15, 0.2) is 54.7 Å². The number of nitrogens with zero attached hydrogens (tertiary/aromatic N) is 2. The van der Waals surface area contributed by atoms with Crippen LogP contribution in [0.5, 0.6) is 0 Å². The minimum absolute atomic E-state index is 0.0161. The Kier molecular flexibility index (Phi) is 5.61. The highest BCUT2D eigenvalue weighted by molar-refractivity contribution is 6.31. The molecule has 0 saturated heterocycles. The number of carbonyl (C=O) groups excluding carboxylic acids is 1. The van der Waals surface area contributed by atoms with E-state index in [1.807, 2.05) is 24.3 Å². The van der Waals surface area contributed by atoms with Gasteiger partial charge < -0.3 is 10.6 Å². The second kappa shape index (κ2) is 7.94. The summed E-state index contributed by atoms with van der Waals surface area (Å²) in [5.74, 6) is -0.664. The number of rotatable bonds is 4. The summed E-state index contributed by atoms with van der Waals surface area (Å²) < 4.78 is 13.3. The molecule has 0 aliphatic carbocycles. The van der Waals surface area contributed by atoms with Gasteiger partial charge in [0.2, 0.25) is 5.95 Å². The van der Waals surface area contributed by atoms with E-state index >= 15 is 0 Å². The molecular weight excluding hydrogens is 379 g/mol. The van der Waals surface area contributed by atoms with Gasteiger partial charge in [0.05, 0.1) is 5.02 Å². The van der Waals surface area contributed by atoms with Crippen LogP contribution in [0.2, 0.25) is 5.02 Å². The summed E-state index contributed by atoms with van der Waals surface area (Å²) in [7, 11) is 0. The average molecular weight is 399 g/mol. The van der Waals surface area contributed by atoms with Crippen LogP contribution >= 0.6 is 11.6 Å². The Bertz CT molecular complexity index is 1000. The third kappa shape index (κ3) is 4.84. The molecule has 2 aromatic carbocycles. The van der Waals surface area contributed by atoms with Crippen molar-refractivity contribution in [2.24, 2.45) is 0 Å². The van der Waals surface area contributed by atoms with Gasteiger partial charge in [0, 0.05) is 17.6 Å². The van der Waals surface area contributed by atoms with E-state index < -0.39 is 5.82 Å². The number of nitrogens with one attached hydrogen (secondary N) is 2. The highest BCUT2D eigenvalue weighted by Gasteiger charge is 2.14. The van der Waals surface area contributed by atoms with E-state index in [1.165, 1.54) is 36.0 Å². The SMILES string of the molecule is CC(C)(C)c1ccc(NC(=O)c2ccnc(Nc3ccc(F)c(Cl)c3)n2)cc1. The van der Waals surface area contributed by atoms with Gasteiger partial charge in [-0.15, -0.1) is 0 Å². The van der Waals surface area contributed by atoms with E-state index in [4.69, 9.17) is 11.6 Å². The summed E-state index contributed by atoms with van der Waals surface area (Å²) in [6.45, 7) is 6.39. The van der Waals surface area contributed by atoms with Crippen molar-refractivity contribution in [2.45, 2.75) is 26.2 Å². The Morgan fingerprint density at radius 1 is 1.04 bits per heavy atom. The zero-order valence-electron chi connectivity index (χ0n) is 15.8. The van der Waals surface area contributed by atoms with Crippen molar-refractivity contribution in [3.63, 3.8) is 0 Å². The summed E-state index contributed by atoms with van der Waals surface area (Å²) in [4.78, 5) is 20.8. The van der Waals surface area contributed by atoms with Gasteiger partial charge in [-0.2, -0.15) is 0 Å². The van der Waals surface area contributed by atoms with E-state index in [1.54, 1.807) is 0 Å². The Hall–Kier alpha value is -2.99. The van der Waals surface area contributed by atoms with Crippen molar-refractivity contribution < 1.29 is 9.18 Å². The molecule has 144 valence electrons. The molecule has 0 unspecified atom stereocenters. The van der Waals surface area contributed by atoms with Crippen LogP contribution in [0, 0.1) is 5.82 Å². The lowest BCUT2D eigenvalue weighted by Gasteiger charge is -2.19. The standard InChI is InChI=1S/C21H20ClFN4O/c1-21(2,3)13-4-6-14(7-5-13)25-19(28)18-10-11-24-20(27-18)26-15-8-9-17(23)16(22)12-15/h4-12H,1-3H3,(H,25,28)(H,24,26,27). The normalized spacial score (nSPS) is 11.2. The van der Waals surface area contributed by atoms with Gasteiger partial charge in [-0.05, 0) is 47.4 Å². The van der Waals surface area contributed by atoms with Crippen molar-refractivity contribution in [2.75, 3.05) is 10.6 Å². The smallest absolute Gasteiger partial charge is 0.274 e. The molecule has 0 fully saturated rings. The minimum Gasteiger partial charge on any atom is -0.324 e. The summed E-state index contributed by atoms with van der Waals surface area (Å²) in [6, 6.07) is 13.4. The van der Waals surface area contributed by atoms with Crippen molar-refractivity contribution in [1.82, 2.24) is 9.97 Å². The zero-order valence-corrected chi connectivity index (χ0v) is 16.5. The summed E-state index contributed by atoms with van der Waals surface area (Å²) in [6.07, 6.45) is 1.47. The summed E-state index contributed by atoms with van der Waals surface area (Å²) in [5, 5.41) is 5.70. The van der Waals surface area contributed by atoms with Crippen LogP contribution in [0.4, 0.5) is 21.7 Å². The van der Waals surface area contributed by atoms with E-state index in [0.29, 0.717) is 11.4 Å². The molecule has 7 heteroatoms. The maximum Gasteiger partial charge on any atom is 0.274 e. The number of hydrogen-bond acceptors (Lipinski definition) is 4. The van der Waals surface area contributed by atoms with Gasteiger partial charge in [0.15, 0.2) is 0 Å². The first kappa shape index (κ1) is 19.8. The number of halogens is 2. The lowest BCUT2D eigenvalue weighted by molar-refractivity contribution is 0.102. The van der Waals surface area contributed by atoms with Crippen molar-refractivity contribution in [3.05, 3.63) is 76.8 Å². The van der Waals surface area contributed by atoms with Crippen LogP contribution in [-0.4, -0.2) is 15.9 Å². The first-order chi connectivity index (χ1) is 13.2. The van der Waals surface area contributed by atoms with Crippen molar-refractivity contribution in [1.29, 1.82) is 0 Å². The first-order valence-corrected chi connectivity index (χ1v) is 9.07. The van der Waals surface area contributed by atoms with E-state index in [-0.39, 0.29) is 28.0 Å². The molecule has 3 aromatic rings. The first-order valence-electron chi connectivity index (χ1n) is 8.69. The molecule has 5 nitrogen and oxygen atoms in total. The fourth-order valence-electron chi connectivity index (χ4n) is 2.50. The molecular formula is C21H20ClFN4O. The fraction of sp³-hybridized carbons (Fsp3) is 0.190. The Morgan fingerprint density at radius 3 is 2.36 bits per heavy atom. The molecule has 1 heterocycles. The quantitative estimate of drug-likeness (QED) is 0.603. The van der Waals surface area contributed by atoms with Gasteiger partial charge in [0.25, 0.3) is 5.91 Å². The number of anilines is 3. The highest BCUT2D eigenvalue weighted by atomic mass is 35.5. The van der Waals surface area contributed by atoms with Crippen LogP contribution in [0.3, 0.4) is 0 Å². The molecule has 0 spiro atoms. The molecule has 2 N–H and O–H groups in total. The third-order valence-corrected chi connectivity index (χ3v) is 4.36. The monoisotopic (exact) mass is 398 g/mol. The number of aromatic nitrogens is 2. The van der Waals surface area contributed by atoms with Crippen LogP contribution in [-0.2, 0) is 5.41 Å². The van der Waals surface area contributed by atoms with Gasteiger partial charge in [-0.25, -0.2) is 14.4 Å².